The van der Waals surface area contributed by atoms with E-state index in [4.69, 9.17) is 4.74 Å². The van der Waals surface area contributed by atoms with Crippen LogP contribution < -0.4 is 0 Å². The minimum absolute atomic E-state index is 0.103. The van der Waals surface area contributed by atoms with Crippen molar-refractivity contribution in [2.75, 3.05) is 13.7 Å². The van der Waals surface area contributed by atoms with E-state index in [1.54, 1.807) is 0 Å². The Morgan fingerprint density at radius 1 is 1.00 bits per heavy atom. The number of aliphatic hydroxyl groups excluding tert-OH is 2. The van der Waals surface area contributed by atoms with Crippen molar-refractivity contribution in [2.24, 2.45) is 46.3 Å². The summed E-state index contributed by atoms with van der Waals surface area (Å²) in [5.74, 6) is 2.15. The average Bonchev–Trinajstić information content (AvgIpc) is 3.15. The normalized spacial score (nSPS) is 45.3. The summed E-state index contributed by atoms with van der Waals surface area (Å²) >= 11 is 0. The molecule has 0 aromatic heterocycles. The lowest BCUT2D eigenvalue weighted by molar-refractivity contribution is -0.175. The number of esters is 2. The van der Waals surface area contributed by atoms with Crippen molar-refractivity contribution in [3.63, 3.8) is 0 Å². The van der Waals surface area contributed by atoms with Crippen LogP contribution in [0, 0.1) is 46.3 Å². The molecule has 4 aliphatic carbocycles. The van der Waals surface area contributed by atoms with Gasteiger partial charge in [-0.1, -0.05) is 20.8 Å². The van der Waals surface area contributed by atoms with Crippen LogP contribution in [-0.2, 0) is 19.1 Å². The Morgan fingerprint density at radius 3 is 2.48 bits per heavy atom. The number of hydrogen-bond acceptors (Lipinski definition) is 6. The number of ether oxygens (including phenoxy) is 2. The Balaban J connectivity index is 1.42. The molecular weight excluding hydrogens is 420 g/mol. The SMILES string of the molecule is COC(=O)COC(=O)CC[C@@H](C)[C@H]1CC[C@H]2[C@@H]3CC[C@@H]4C[C@H](O)CC[C@]4(C)[C@H]3C[C@H](O)[C@]12C. The van der Waals surface area contributed by atoms with E-state index in [0.717, 1.165) is 32.1 Å². The summed E-state index contributed by atoms with van der Waals surface area (Å²) in [5.41, 5.74) is 0.144. The molecule has 0 amide bonds. The molecule has 0 spiro atoms. The van der Waals surface area contributed by atoms with Gasteiger partial charge in [-0.3, -0.25) is 4.79 Å². The van der Waals surface area contributed by atoms with E-state index >= 15 is 0 Å². The molecule has 2 N–H and O–H groups in total. The van der Waals surface area contributed by atoms with Crippen LogP contribution in [0.1, 0.15) is 85.0 Å². The Kier molecular flexibility index (Phi) is 7.18. The molecule has 4 aliphatic rings. The average molecular weight is 465 g/mol. The van der Waals surface area contributed by atoms with Crippen LogP contribution in [0.3, 0.4) is 0 Å². The van der Waals surface area contributed by atoms with Crippen LogP contribution in [-0.4, -0.2) is 48.1 Å². The smallest absolute Gasteiger partial charge is 0.344 e. The molecule has 0 aliphatic heterocycles. The van der Waals surface area contributed by atoms with Gasteiger partial charge in [-0.2, -0.15) is 0 Å². The van der Waals surface area contributed by atoms with Gasteiger partial charge >= 0.3 is 11.9 Å². The standard InChI is InChI=1S/C27H44O6/c1-16(5-10-24(30)33-15-25(31)32-4)20-8-9-21-19-7-6-17-13-18(28)11-12-26(17,2)22(19)14-23(29)27(20,21)3/h16-23,28-29H,5-15H2,1-4H3/t16-,17-,18-,19+,20-,21+,22+,23+,26+,27-/m1/s1. The first-order chi connectivity index (χ1) is 15.6. The van der Waals surface area contributed by atoms with Crippen molar-refractivity contribution >= 4 is 11.9 Å². The zero-order valence-electron chi connectivity index (χ0n) is 20.9. The molecule has 0 saturated heterocycles. The van der Waals surface area contributed by atoms with Gasteiger partial charge < -0.3 is 19.7 Å². The summed E-state index contributed by atoms with van der Waals surface area (Å²) in [5, 5.41) is 21.9. The van der Waals surface area contributed by atoms with Crippen LogP contribution in [0.4, 0.5) is 0 Å². The van der Waals surface area contributed by atoms with Gasteiger partial charge in [0.05, 0.1) is 19.3 Å². The monoisotopic (exact) mass is 464 g/mol. The van der Waals surface area contributed by atoms with Crippen molar-refractivity contribution in [1.29, 1.82) is 0 Å². The largest absolute Gasteiger partial charge is 0.466 e. The molecule has 0 aromatic rings. The molecule has 4 rings (SSSR count). The van der Waals surface area contributed by atoms with E-state index in [1.807, 2.05) is 0 Å². The van der Waals surface area contributed by atoms with Gasteiger partial charge in [0.1, 0.15) is 0 Å². The Morgan fingerprint density at radius 2 is 1.76 bits per heavy atom. The molecule has 33 heavy (non-hydrogen) atoms. The quantitative estimate of drug-likeness (QED) is 0.575. The number of rotatable bonds is 6. The van der Waals surface area contributed by atoms with E-state index in [1.165, 1.54) is 26.4 Å². The fraction of sp³-hybridized carbons (Fsp3) is 0.926. The Hall–Kier alpha value is -1.14. The lowest BCUT2D eigenvalue weighted by atomic mass is 9.43. The van der Waals surface area contributed by atoms with Crippen LogP contribution >= 0.6 is 0 Å². The zero-order valence-corrected chi connectivity index (χ0v) is 20.9. The minimum Gasteiger partial charge on any atom is -0.466 e. The lowest BCUT2D eigenvalue weighted by Gasteiger charge is -2.62. The lowest BCUT2D eigenvalue weighted by Crippen LogP contribution is -2.58. The molecule has 6 heteroatoms. The fourth-order valence-electron chi connectivity index (χ4n) is 8.98. The summed E-state index contributed by atoms with van der Waals surface area (Å²) < 4.78 is 9.54. The summed E-state index contributed by atoms with van der Waals surface area (Å²) in [4.78, 5) is 23.3. The van der Waals surface area contributed by atoms with E-state index < -0.39 is 5.97 Å². The van der Waals surface area contributed by atoms with E-state index in [9.17, 15) is 19.8 Å². The number of carbonyl (C=O) groups excluding carboxylic acids is 2. The molecule has 6 nitrogen and oxygen atoms in total. The van der Waals surface area contributed by atoms with E-state index in [0.29, 0.717) is 48.3 Å². The van der Waals surface area contributed by atoms with Gasteiger partial charge in [0.15, 0.2) is 6.61 Å². The molecule has 4 saturated carbocycles. The molecule has 0 radical (unpaired) electrons. The Bertz CT molecular complexity index is 738. The molecule has 0 unspecified atom stereocenters. The topological polar surface area (TPSA) is 93.1 Å². The van der Waals surface area contributed by atoms with Crippen LogP contribution in [0.15, 0.2) is 0 Å². The first kappa shape index (κ1) is 25.0. The number of carbonyl (C=O) groups is 2. The highest BCUT2D eigenvalue weighted by molar-refractivity contribution is 5.76. The second kappa shape index (κ2) is 9.49. The summed E-state index contributed by atoms with van der Waals surface area (Å²) in [6, 6.07) is 0. The highest BCUT2D eigenvalue weighted by Gasteiger charge is 2.63. The van der Waals surface area contributed by atoms with Gasteiger partial charge in [0.2, 0.25) is 0 Å². The first-order valence-corrected chi connectivity index (χ1v) is 13.2. The third-order valence-electron chi connectivity index (χ3n) is 10.9. The molecule has 0 heterocycles. The summed E-state index contributed by atoms with van der Waals surface area (Å²) in [6.07, 6.45) is 9.07. The van der Waals surface area contributed by atoms with Crippen LogP contribution in [0.25, 0.3) is 0 Å². The van der Waals surface area contributed by atoms with Gasteiger partial charge in [-0.15, -0.1) is 0 Å². The number of fused-ring (bicyclic) bond motifs is 5. The van der Waals surface area contributed by atoms with Gasteiger partial charge in [-0.05, 0) is 104 Å². The minimum atomic E-state index is -0.543. The predicted octanol–water partition coefficient (Wildman–Crippen LogP) is 4.11. The number of aliphatic hydroxyl groups is 2. The second-order valence-electron chi connectivity index (χ2n) is 12.1. The predicted molar refractivity (Wildman–Crippen MR) is 124 cm³/mol. The molecule has 0 bridgehead atoms. The van der Waals surface area contributed by atoms with E-state index in [2.05, 4.69) is 25.5 Å². The Labute approximate surface area is 198 Å². The second-order valence-corrected chi connectivity index (χ2v) is 12.1. The maximum atomic E-state index is 12.1. The summed E-state index contributed by atoms with van der Waals surface area (Å²) in [7, 11) is 1.28. The van der Waals surface area contributed by atoms with Crippen molar-refractivity contribution < 1.29 is 29.3 Å². The van der Waals surface area contributed by atoms with Gasteiger partial charge in [-0.25, -0.2) is 4.79 Å². The third kappa shape index (κ3) is 4.35. The van der Waals surface area contributed by atoms with E-state index in [-0.39, 0.29) is 35.6 Å². The maximum Gasteiger partial charge on any atom is 0.344 e. The van der Waals surface area contributed by atoms with Crippen molar-refractivity contribution in [1.82, 2.24) is 0 Å². The molecule has 4 fully saturated rings. The number of hydrogen-bond donors (Lipinski definition) is 2. The molecular formula is C27H44O6. The van der Waals surface area contributed by atoms with Crippen molar-refractivity contribution in [3.05, 3.63) is 0 Å². The zero-order chi connectivity index (χ0) is 24.0. The van der Waals surface area contributed by atoms with Crippen molar-refractivity contribution in [3.8, 4) is 0 Å². The van der Waals surface area contributed by atoms with Crippen molar-refractivity contribution in [2.45, 2.75) is 97.2 Å². The molecule has 10 atom stereocenters. The highest BCUT2D eigenvalue weighted by Crippen LogP contribution is 2.68. The van der Waals surface area contributed by atoms with Gasteiger partial charge in [0.25, 0.3) is 0 Å². The fourth-order valence-corrected chi connectivity index (χ4v) is 8.98. The first-order valence-electron chi connectivity index (χ1n) is 13.2. The van der Waals surface area contributed by atoms with Crippen LogP contribution in [0.5, 0.6) is 0 Å². The molecule has 188 valence electrons. The summed E-state index contributed by atoms with van der Waals surface area (Å²) in [6.45, 7) is 6.66. The molecule has 0 aromatic carbocycles. The van der Waals surface area contributed by atoms with Gasteiger partial charge in [0, 0.05) is 6.42 Å². The van der Waals surface area contributed by atoms with Crippen LogP contribution in [0.2, 0.25) is 0 Å². The third-order valence-corrected chi connectivity index (χ3v) is 10.9. The number of methoxy groups -OCH3 is 1. The highest BCUT2D eigenvalue weighted by atomic mass is 16.6. The maximum absolute atomic E-state index is 12.1.